The predicted molar refractivity (Wildman–Crippen MR) is 116 cm³/mol. The molecule has 2 unspecified atom stereocenters. The molecule has 0 radical (unpaired) electrons. The van der Waals surface area contributed by atoms with Crippen LogP contribution >= 0.6 is 0 Å². The summed E-state index contributed by atoms with van der Waals surface area (Å²) in [6.07, 6.45) is 3.66. The van der Waals surface area contributed by atoms with Crippen LogP contribution in [0.5, 0.6) is 11.5 Å². The summed E-state index contributed by atoms with van der Waals surface area (Å²) >= 11 is 0. The fourth-order valence-electron chi connectivity index (χ4n) is 2.85. The Hall–Kier alpha value is -3.35. The first-order valence-corrected chi connectivity index (χ1v) is 10.00. The van der Waals surface area contributed by atoms with E-state index >= 15 is 0 Å². The number of benzene rings is 2. The molecule has 0 aliphatic heterocycles. The van der Waals surface area contributed by atoms with Gasteiger partial charge in [-0.3, -0.25) is 4.79 Å². The van der Waals surface area contributed by atoms with Gasteiger partial charge in [-0.2, -0.15) is 0 Å². The Morgan fingerprint density at radius 1 is 1.13 bits per heavy atom. The highest BCUT2D eigenvalue weighted by Crippen LogP contribution is 2.29. The zero-order valence-corrected chi connectivity index (χ0v) is 18.2. The van der Waals surface area contributed by atoms with Gasteiger partial charge in [-0.1, -0.05) is 44.5 Å². The first kappa shape index (κ1) is 23.9. The largest absolute Gasteiger partial charge is 0.493 e. The third kappa shape index (κ3) is 6.84. The van der Waals surface area contributed by atoms with Crippen LogP contribution in [-0.4, -0.2) is 32.1 Å². The lowest BCUT2D eigenvalue weighted by molar-refractivity contribution is -0.146. The first-order valence-electron chi connectivity index (χ1n) is 10.00. The predicted octanol–water partition coefficient (Wildman–Crippen LogP) is 4.13. The van der Waals surface area contributed by atoms with Gasteiger partial charge in [-0.05, 0) is 35.8 Å². The quantitative estimate of drug-likeness (QED) is 0.454. The summed E-state index contributed by atoms with van der Waals surface area (Å²) in [5, 5.41) is 2.68. The van der Waals surface area contributed by atoms with Gasteiger partial charge in [0.1, 0.15) is 18.5 Å². The molecule has 0 aliphatic carbocycles. The van der Waals surface area contributed by atoms with Gasteiger partial charge >= 0.3 is 5.97 Å². The van der Waals surface area contributed by atoms with Crippen molar-refractivity contribution >= 4 is 18.0 Å². The number of hydrogen-bond acceptors (Lipinski definition) is 5. The Morgan fingerprint density at radius 2 is 1.87 bits per heavy atom. The van der Waals surface area contributed by atoms with Crippen LogP contribution in [0.25, 0.3) is 6.08 Å². The van der Waals surface area contributed by atoms with Crippen LogP contribution in [0.2, 0.25) is 0 Å². The maximum absolute atomic E-state index is 13.8. The highest BCUT2D eigenvalue weighted by Gasteiger charge is 2.25. The van der Waals surface area contributed by atoms with E-state index in [1.807, 2.05) is 13.8 Å². The Labute approximate surface area is 182 Å². The van der Waals surface area contributed by atoms with Gasteiger partial charge in [0.2, 0.25) is 5.91 Å². The van der Waals surface area contributed by atoms with Crippen molar-refractivity contribution in [2.45, 2.75) is 32.9 Å². The first-order chi connectivity index (χ1) is 14.9. The summed E-state index contributed by atoms with van der Waals surface area (Å²) in [5.74, 6) is -0.380. The number of methoxy groups -OCH3 is 2. The van der Waals surface area contributed by atoms with Gasteiger partial charge in [0.05, 0.1) is 14.2 Å². The normalized spacial score (nSPS) is 12.8. The second kappa shape index (κ2) is 11.7. The molecule has 2 aromatic rings. The third-order valence-corrected chi connectivity index (χ3v) is 4.92. The molecular weight excluding hydrogens is 401 g/mol. The molecular formula is C24H28FNO5. The van der Waals surface area contributed by atoms with E-state index in [0.717, 1.165) is 6.42 Å². The third-order valence-electron chi connectivity index (χ3n) is 4.92. The molecule has 0 bridgehead atoms. The van der Waals surface area contributed by atoms with Crippen molar-refractivity contribution in [3.63, 3.8) is 0 Å². The van der Waals surface area contributed by atoms with Gasteiger partial charge < -0.3 is 19.5 Å². The average Bonchev–Trinajstić information content (AvgIpc) is 2.79. The molecule has 0 heterocycles. The van der Waals surface area contributed by atoms with Crippen molar-refractivity contribution in [1.82, 2.24) is 5.32 Å². The minimum absolute atomic E-state index is 0.0595. The molecule has 31 heavy (non-hydrogen) atoms. The fourth-order valence-corrected chi connectivity index (χ4v) is 2.85. The molecule has 0 saturated heterocycles. The second-order valence-electron chi connectivity index (χ2n) is 7.02. The highest BCUT2D eigenvalue weighted by molar-refractivity contribution is 5.94. The summed E-state index contributed by atoms with van der Waals surface area (Å²) in [5.41, 5.74) is 1.13. The molecule has 1 amide bonds. The maximum Gasteiger partial charge on any atom is 0.328 e. The highest BCUT2D eigenvalue weighted by atomic mass is 19.1. The van der Waals surface area contributed by atoms with Crippen molar-refractivity contribution in [2.75, 3.05) is 14.2 Å². The van der Waals surface area contributed by atoms with E-state index < -0.39 is 17.9 Å². The molecule has 7 heteroatoms. The lowest BCUT2D eigenvalue weighted by Gasteiger charge is -2.21. The van der Waals surface area contributed by atoms with Crippen LogP contribution in [0.3, 0.4) is 0 Å². The summed E-state index contributed by atoms with van der Waals surface area (Å²) in [4.78, 5) is 24.2. The molecule has 1 N–H and O–H groups in total. The van der Waals surface area contributed by atoms with E-state index in [4.69, 9.17) is 14.2 Å². The monoisotopic (exact) mass is 429 g/mol. The maximum atomic E-state index is 13.8. The van der Waals surface area contributed by atoms with Crippen LogP contribution in [0.4, 0.5) is 4.39 Å². The zero-order valence-electron chi connectivity index (χ0n) is 18.2. The Balaban J connectivity index is 2.06. The van der Waals surface area contributed by atoms with E-state index in [-0.39, 0.29) is 18.3 Å². The standard InChI is InChI=1S/C24H28FNO5/c1-5-16(2)23(24(28)30-4)26-22(27)13-11-17-10-12-20(21(14-17)29-3)31-15-18-8-6-7-9-19(18)25/h6-14,16,23H,5,15H2,1-4H3,(H,26,27)/b13-11+. The van der Waals surface area contributed by atoms with E-state index in [2.05, 4.69) is 5.32 Å². The summed E-state index contributed by atoms with van der Waals surface area (Å²) in [6, 6.07) is 10.8. The van der Waals surface area contributed by atoms with Gasteiger partial charge in [-0.25, -0.2) is 9.18 Å². The molecule has 0 spiro atoms. The van der Waals surface area contributed by atoms with Crippen molar-refractivity contribution in [3.8, 4) is 11.5 Å². The Morgan fingerprint density at radius 3 is 2.52 bits per heavy atom. The smallest absolute Gasteiger partial charge is 0.328 e. The number of amides is 1. The molecule has 6 nitrogen and oxygen atoms in total. The van der Waals surface area contributed by atoms with Crippen LogP contribution in [0, 0.1) is 11.7 Å². The average molecular weight is 429 g/mol. The zero-order chi connectivity index (χ0) is 22.8. The molecule has 0 aromatic heterocycles. The topological polar surface area (TPSA) is 73.9 Å². The second-order valence-corrected chi connectivity index (χ2v) is 7.02. The molecule has 166 valence electrons. The molecule has 2 aromatic carbocycles. The lowest BCUT2D eigenvalue weighted by Crippen LogP contribution is -2.45. The Kier molecular flexibility index (Phi) is 9.06. The van der Waals surface area contributed by atoms with Crippen molar-refractivity contribution < 1.29 is 28.2 Å². The lowest BCUT2D eigenvalue weighted by atomic mass is 9.99. The van der Waals surface area contributed by atoms with Crippen LogP contribution in [0.15, 0.2) is 48.5 Å². The van der Waals surface area contributed by atoms with Gasteiger partial charge in [0.25, 0.3) is 0 Å². The van der Waals surface area contributed by atoms with E-state index in [9.17, 15) is 14.0 Å². The number of carbonyl (C=O) groups is 2. The fraction of sp³-hybridized carbons (Fsp3) is 0.333. The molecule has 0 aliphatic rings. The molecule has 0 fully saturated rings. The van der Waals surface area contributed by atoms with Crippen molar-refractivity contribution in [3.05, 3.63) is 65.5 Å². The van der Waals surface area contributed by atoms with Gasteiger partial charge in [0.15, 0.2) is 11.5 Å². The number of hydrogen-bond donors (Lipinski definition) is 1. The minimum Gasteiger partial charge on any atom is -0.493 e. The SMILES string of the molecule is CCC(C)C(NC(=O)/C=C/c1ccc(OCc2ccccc2F)c(OC)c1)C(=O)OC. The number of nitrogens with one attached hydrogen (secondary N) is 1. The van der Waals surface area contributed by atoms with Crippen LogP contribution < -0.4 is 14.8 Å². The van der Waals surface area contributed by atoms with E-state index in [1.54, 1.807) is 42.5 Å². The number of carbonyl (C=O) groups excluding carboxylic acids is 2. The summed E-state index contributed by atoms with van der Waals surface area (Å²) in [6.45, 7) is 3.87. The van der Waals surface area contributed by atoms with Crippen LogP contribution in [-0.2, 0) is 20.9 Å². The molecule has 0 saturated carbocycles. The molecule has 2 rings (SSSR count). The molecule has 2 atom stereocenters. The summed E-state index contributed by atoms with van der Waals surface area (Å²) < 4.78 is 29.6. The number of ether oxygens (including phenoxy) is 3. The van der Waals surface area contributed by atoms with E-state index in [0.29, 0.717) is 22.6 Å². The minimum atomic E-state index is -0.712. The number of esters is 1. The number of rotatable bonds is 10. The van der Waals surface area contributed by atoms with Gasteiger partial charge in [-0.15, -0.1) is 0 Å². The number of halogens is 1. The van der Waals surface area contributed by atoms with Crippen molar-refractivity contribution in [2.24, 2.45) is 5.92 Å². The summed E-state index contributed by atoms with van der Waals surface area (Å²) in [7, 11) is 2.79. The van der Waals surface area contributed by atoms with Crippen molar-refractivity contribution in [1.29, 1.82) is 0 Å². The van der Waals surface area contributed by atoms with E-state index in [1.165, 1.54) is 26.4 Å². The Bertz CT molecular complexity index is 928. The van der Waals surface area contributed by atoms with Crippen LogP contribution in [0.1, 0.15) is 31.4 Å². The van der Waals surface area contributed by atoms with Gasteiger partial charge in [0, 0.05) is 11.6 Å².